The number of ether oxygens (including phenoxy) is 1. The van der Waals surface area contributed by atoms with Gasteiger partial charge in [-0.3, -0.25) is 0 Å². The average Bonchev–Trinajstić information content (AvgIpc) is 1.85. The highest BCUT2D eigenvalue weighted by Gasteiger charge is 2.28. The van der Waals surface area contributed by atoms with Crippen molar-refractivity contribution in [2.45, 2.75) is 51.9 Å². The molecule has 0 aliphatic heterocycles. The van der Waals surface area contributed by atoms with Crippen LogP contribution in [-0.2, 0) is 4.74 Å². The maximum atomic E-state index is 9.59. The second-order valence-corrected chi connectivity index (χ2v) is 3.64. The Hall–Kier alpha value is -0.120. The van der Waals surface area contributed by atoms with Crippen LogP contribution in [0.3, 0.4) is 0 Å². The molecule has 0 amide bonds. The summed E-state index contributed by atoms with van der Waals surface area (Å²) in [5.74, 6) is 0. The summed E-state index contributed by atoms with van der Waals surface area (Å²) in [7, 11) is 0. The van der Waals surface area contributed by atoms with Gasteiger partial charge in [0.2, 0.25) is 0 Å². The van der Waals surface area contributed by atoms with E-state index in [4.69, 9.17) is 9.84 Å². The standard InChI is InChI=1S/C9H20O3/c1-5-12-9(3,4)8(11)6-7(2)10/h7-8,10-11H,5-6H2,1-4H3. The van der Waals surface area contributed by atoms with Gasteiger partial charge in [0.05, 0.1) is 17.8 Å². The van der Waals surface area contributed by atoms with Gasteiger partial charge in [-0.25, -0.2) is 0 Å². The Labute approximate surface area is 74.4 Å². The molecule has 0 radical (unpaired) electrons. The smallest absolute Gasteiger partial charge is 0.0885 e. The maximum absolute atomic E-state index is 9.59. The molecule has 3 nitrogen and oxygen atoms in total. The summed E-state index contributed by atoms with van der Waals surface area (Å²) in [4.78, 5) is 0. The number of hydrogen-bond acceptors (Lipinski definition) is 3. The molecule has 2 N–H and O–H groups in total. The van der Waals surface area contributed by atoms with Crippen LogP contribution in [0, 0.1) is 0 Å². The van der Waals surface area contributed by atoms with Crippen LogP contribution in [0.15, 0.2) is 0 Å². The summed E-state index contributed by atoms with van der Waals surface area (Å²) in [6.07, 6.45) is -0.746. The predicted octanol–water partition coefficient (Wildman–Crippen LogP) is 0.933. The van der Waals surface area contributed by atoms with E-state index < -0.39 is 17.8 Å². The second kappa shape index (κ2) is 4.80. The lowest BCUT2D eigenvalue weighted by atomic mass is 9.96. The van der Waals surface area contributed by atoms with Crippen LogP contribution in [-0.4, -0.2) is 34.6 Å². The zero-order valence-electron chi connectivity index (χ0n) is 8.37. The van der Waals surface area contributed by atoms with Crippen molar-refractivity contribution in [1.82, 2.24) is 0 Å². The highest BCUT2D eigenvalue weighted by molar-refractivity contribution is 4.79. The van der Waals surface area contributed by atoms with Gasteiger partial charge < -0.3 is 14.9 Å². The van der Waals surface area contributed by atoms with Crippen LogP contribution < -0.4 is 0 Å². The average molecular weight is 176 g/mol. The van der Waals surface area contributed by atoms with Gasteiger partial charge in [-0.1, -0.05) is 0 Å². The first-order chi connectivity index (χ1) is 5.40. The van der Waals surface area contributed by atoms with Gasteiger partial charge in [-0.2, -0.15) is 0 Å². The third kappa shape index (κ3) is 4.04. The quantitative estimate of drug-likeness (QED) is 0.655. The van der Waals surface area contributed by atoms with Gasteiger partial charge in [0.25, 0.3) is 0 Å². The van der Waals surface area contributed by atoms with Crippen molar-refractivity contribution in [3.63, 3.8) is 0 Å². The van der Waals surface area contributed by atoms with E-state index in [1.54, 1.807) is 6.92 Å². The molecule has 0 aliphatic carbocycles. The van der Waals surface area contributed by atoms with Crippen molar-refractivity contribution in [2.24, 2.45) is 0 Å². The van der Waals surface area contributed by atoms with Gasteiger partial charge >= 0.3 is 0 Å². The molecule has 2 atom stereocenters. The molecule has 0 aliphatic rings. The first kappa shape index (κ1) is 11.9. The lowest BCUT2D eigenvalue weighted by Crippen LogP contribution is -2.40. The van der Waals surface area contributed by atoms with Gasteiger partial charge in [-0.05, 0) is 27.7 Å². The lowest BCUT2D eigenvalue weighted by Gasteiger charge is -2.31. The van der Waals surface area contributed by atoms with E-state index >= 15 is 0 Å². The number of hydrogen-bond donors (Lipinski definition) is 2. The molecule has 0 spiro atoms. The number of aliphatic hydroxyl groups is 2. The number of aliphatic hydroxyl groups excluding tert-OH is 2. The Morgan fingerprint density at radius 3 is 2.17 bits per heavy atom. The van der Waals surface area contributed by atoms with Crippen LogP contribution >= 0.6 is 0 Å². The molecule has 0 saturated carbocycles. The van der Waals surface area contributed by atoms with Crippen molar-refractivity contribution in [2.75, 3.05) is 6.61 Å². The summed E-state index contributed by atoms with van der Waals surface area (Å²) < 4.78 is 5.33. The van der Waals surface area contributed by atoms with E-state index in [-0.39, 0.29) is 0 Å². The van der Waals surface area contributed by atoms with Gasteiger partial charge in [-0.15, -0.1) is 0 Å². The van der Waals surface area contributed by atoms with Crippen molar-refractivity contribution in [1.29, 1.82) is 0 Å². The summed E-state index contributed by atoms with van der Waals surface area (Å²) in [6, 6.07) is 0. The minimum absolute atomic E-state index is 0.354. The summed E-state index contributed by atoms with van der Waals surface area (Å²) in [6.45, 7) is 7.76. The minimum Gasteiger partial charge on any atom is -0.393 e. The van der Waals surface area contributed by atoms with Crippen LogP contribution in [0.4, 0.5) is 0 Å². The van der Waals surface area contributed by atoms with Crippen molar-refractivity contribution >= 4 is 0 Å². The van der Waals surface area contributed by atoms with Gasteiger partial charge in [0, 0.05) is 13.0 Å². The van der Waals surface area contributed by atoms with Crippen LogP contribution in [0.2, 0.25) is 0 Å². The topological polar surface area (TPSA) is 49.7 Å². The molecule has 0 bridgehead atoms. The fourth-order valence-electron chi connectivity index (χ4n) is 1.08. The SMILES string of the molecule is CCOC(C)(C)C(O)CC(C)O. The Kier molecular flexibility index (Phi) is 4.75. The molecular formula is C9H20O3. The Morgan fingerprint density at radius 2 is 1.83 bits per heavy atom. The normalized spacial score (nSPS) is 17.5. The molecule has 3 heteroatoms. The van der Waals surface area contributed by atoms with E-state index in [1.165, 1.54) is 0 Å². The van der Waals surface area contributed by atoms with Crippen LogP contribution in [0.1, 0.15) is 34.1 Å². The monoisotopic (exact) mass is 176 g/mol. The van der Waals surface area contributed by atoms with Crippen molar-refractivity contribution in [3.05, 3.63) is 0 Å². The summed E-state index contributed by atoms with van der Waals surface area (Å²) in [5.41, 5.74) is -0.564. The second-order valence-electron chi connectivity index (χ2n) is 3.64. The zero-order chi connectivity index (χ0) is 9.78. The lowest BCUT2D eigenvalue weighted by molar-refractivity contribution is -0.108. The largest absolute Gasteiger partial charge is 0.393 e. The van der Waals surface area contributed by atoms with Crippen molar-refractivity contribution < 1.29 is 14.9 Å². The molecule has 0 fully saturated rings. The Bertz CT molecular complexity index is 121. The molecule has 12 heavy (non-hydrogen) atoms. The van der Waals surface area contributed by atoms with Crippen molar-refractivity contribution in [3.8, 4) is 0 Å². The molecule has 0 aromatic heterocycles. The highest BCUT2D eigenvalue weighted by Crippen LogP contribution is 2.18. The summed E-state index contributed by atoms with van der Waals surface area (Å²) >= 11 is 0. The van der Waals surface area contributed by atoms with E-state index in [0.717, 1.165) is 0 Å². The fraction of sp³-hybridized carbons (Fsp3) is 1.00. The third-order valence-corrected chi connectivity index (χ3v) is 1.88. The molecule has 0 aromatic carbocycles. The van der Waals surface area contributed by atoms with Gasteiger partial charge in [0.1, 0.15) is 0 Å². The zero-order valence-corrected chi connectivity index (χ0v) is 8.37. The van der Waals surface area contributed by atoms with E-state index in [9.17, 15) is 5.11 Å². The van der Waals surface area contributed by atoms with Gasteiger partial charge in [0.15, 0.2) is 0 Å². The van der Waals surface area contributed by atoms with E-state index in [0.29, 0.717) is 13.0 Å². The first-order valence-corrected chi connectivity index (χ1v) is 4.40. The minimum atomic E-state index is -0.613. The number of rotatable bonds is 5. The molecule has 0 heterocycles. The highest BCUT2D eigenvalue weighted by atomic mass is 16.5. The Balaban J connectivity index is 3.96. The molecule has 2 unspecified atom stereocenters. The fourth-order valence-corrected chi connectivity index (χ4v) is 1.08. The maximum Gasteiger partial charge on any atom is 0.0885 e. The summed E-state index contributed by atoms with van der Waals surface area (Å²) in [5, 5.41) is 18.6. The third-order valence-electron chi connectivity index (χ3n) is 1.88. The first-order valence-electron chi connectivity index (χ1n) is 4.40. The molecule has 74 valence electrons. The molecule has 0 rings (SSSR count). The Morgan fingerprint density at radius 1 is 1.33 bits per heavy atom. The van der Waals surface area contributed by atoms with E-state index in [2.05, 4.69) is 0 Å². The van der Waals surface area contributed by atoms with Crippen LogP contribution in [0.25, 0.3) is 0 Å². The predicted molar refractivity (Wildman–Crippen MR) is 48.0 cm³/mol. The molecule has 0 aromatic rings. The molecule has 0 saturated heterocycles. The van der Waals surface area contributed by atoms with Crippen LogP contribution in [0.5, 0.6) is 0 Å². The molecular weight excluding hydrogens is 156 g/mol. The van der Waals surface area contributed by atoms with E-state index in [1.807, 2.05) is 20.8 Å².